The van der Waals surface area contributed by atoms with Crippen LogP contribution in [-0.2, 0) is 0 Å². The molecule has 0 bridgehead atoms. The molecule has 0 aliphatic heterocycles. The number of benzene rings is 2. The summed E-state index contributed by atoms with van der Waals surface area (Å²) in [6.07, 6.45) is 0. The maximum absolute atomic E-state index is 12.1. The molecule has 0 unspecified atom stereocenters. The molecule has 6 heteroatoms. The number of hydrogen-bond donors (Lipinski definition) is 3. The molecule has 0 atom stereocenters. The van der Waals surface area contributed by atoms with E-state index in [0.29, 0.717) is 5.69 Å². The molecule has 114 valence electrons. The largest absolute Gasteiger partial charge is 0.355 e. The number of aromatic amines is 1. The Morgan fingerprint density at radius 3 is 2.35 bits per heavy atom. The summed E-state index contributed by atoms with van der Waals surface area (Å²) in [6, 6.07) is 19.7. The third-order valence-corrected chi connectivity index (χ3v) is 3.09. The molecule has 0 saturated heterocycles. The van der Waals surface area contributed by atoms with Crippen LogP contribution in [0.2, 0.25) is 0 Å². The number of nitrogens with one attached hydrogen (secondary N) is 3. The van der Waals surface area contributed by atoms with Gasteiger partial charge in [-0.25, -0.2) is 5.10 Å². The summed E-state index contributed by atoms with van der Waals surface area (Å²) in [5.41, 5.74) is 2.23. The second-order valence-corrected chi connectivity index (χ2v) is 4.83. The molecule has 3 N–H and O–H groups in total. The molecular weight excluding hydrogens is 292 g/mol. The zero-order valence-electron chi connectivity index (χ0n) is 12.1. The van der Waals surface area contributed by atoms with Crippen molar-refractivity contribution < 1.29 is 4.79 Å². The number of nitrogens with zero attached hydrogens (tertiary/aromatic N) is 1. The van der Waals surface area contributed by atoms with Gasteiger partial charge in [0.2, 0.25) is 0 Å². The standard InChI is InChI=1S/C17H14N4O2/c22-16-10-9-15(20-21-16)17(23)19-14-8-4-7-13(11-14)18-12-5-2-1-3-6-12/h1-11,18H,(H,19,23)(H,21,22). The van der Waals surface area contributed by atoms with E-state index in [1.54, 1.807) is 6.07 Å². The van der Waals surface area contributed by atoms with E-state index < -0.39 is 5.91 Å². The van der Waals surface area contributed by atoms with E-state index in [1.807, 2.05) is 48.5 Å². The first-order valence-electron chi connectivity index (χ1n) is 7.00. The van der Waals surface area contributed by atoms with Gasteiger partial charge in [-0.15, -0.1) is 0 Å². The maximum atomic E-state index is 12.1. The number of carbonyl (C=O) groups is 1. The van der Waals surface area contributed by atoms with Crippen LogP contribution in [0.3, 0.4) is 0 Å². The van der Waals surface area contributed by atoms with Crippen LogP contribution >= 0.6 is 0 Å². The Bertz CT molecular complexity index is 855. The highest BCUT2D eigenvalue weighted by atomic mass is 16.2. The van der Waals surface area contributed by atoms with E-state index in [0.717, 1.165) is 11.4 Å². The van der Waals surface area contributed by atoms with Gasteiger partial charge in [0.25, 0.3) is 11.5 Å². The third-order valence-electron chi connectivity index (χ3n) is 3.09. The molecule has 1 heterocycles. The fraction of sp³-hybridized carbons (Fsp3) is 0. The first-order valence-corrected chi connectivity index (χ1v) is 7.00. The SMILES string of the molecule is O=C(Nc1cccc(Nc2ccccc2)c1)c1ccc(=O)[nH]n1. The van der Waals surface area contributed by atoms with Crippen molar-refractivity contribution in [2.75, 3.05) is 10.6 Å². The van der Waals surface area contributed by atoms with Crippen LogP contribution in [0.25, 0.3) is 0 Å². The number of hydrogen-bond acceptors (Lipinski definition) is 4. The molecule has 23 heavy (non-hydrogen) atoms. The molecule has 0 aliphatic rings. The van der Waals surface area contributed by atoms with Gasteiger partial charge in [-0.2, -0.15) is 5.10 Å². The topological polar surface area (TPSA) is 86.9 Å². The molecule has 3 aromatic rings. The Balaban J connectivity index is 1.73. The first kappa shape index (κ1) is 14.5. The summed E-state index contributed by atoms with van der Waals surface area (Å²) >= 11 is 0. The summed E-state index contributed by atoms with van der Waals surface area (Å²) in [5, 5.41) is 11.9. The number of amides is 1. The van der Waals surface area contributed by atoms with Gasteiger partial charge >= 0.3 is 0 Å². The van der Waals surface area contributed by atoms with Crippen LogP contribution in [-0.4, -0.2) is 16.1 Å². The van der Waals surface area contributed by atoms with Crippen molar-refractivity contribution in [3.63, 3.8) is 0 Å². The molecular formula is C17H14N4O2. The van der Waals surface area contributed by atoms with Gasteiger partial charge in [0.15, 0.2) is 0 Å². The number of aromatic nitrogens is 2. The predicted molar refractivity (Wildman–Crippen MR) is 89.0 cm³/mol. The van der Waals surface area contributed by atoms with Crippen molar-refractivity contribution in [2.45, 2.75) is 0 Å². The quantitative estimate of drug-likeness (QED) is 0.691. The fourth-order valence-electron chi connectivity index (χ4n) is 2.03. The van der Waals surface area contributed by atoms with Crippen LogP contribution in [0.15, 0.2) is 71.5 Å². The monoisotopic (exact) mass is 306 g/mol. The Labute approximate surface area is 132 Å². The molecule has 1 aromatic heterocycles. The second-order valence-electron chi connectivity index (χ2n) is 4.83. The lowest BCUT2D eigenvalue weighted by atomic mass is 10.2. The molecule has 3 rings (SSSR count). The van der Waals surface area contributed by atoms with E-state index >= 15 is 0 Å². The summed E-state index contributed by atoms with van der Waals surface area (Å²) in [6.45, 7) is 0. The first-order chi connectivity index (χ1) is 11.2. The van der Waals surface area contributed by atoms with Crippen molar-refractivity contribution in [3.8, 4) is 0 Å². The van der Waals surface area contributed by atoms with Gasteiger partial charge in [-0.1, -0.05) is 24.3 Å². The lowest BCUT2D eigenvalue weighted by Crippen LogP contribution is -2.17. The predicted octanol–water partition coefficient (Wildman–Crippen LogP) is 2.77. The smallest absolute Gasteiger partial charge is 0.276 e. The van der Waals surface area contributed by atoms with E-state index in [1.165, 1.54) is 12.1 Å². The van der Waals surface area contributed by atoms with Crippen LogP contribution in [0.4, 0.5) is 17.1 Å². The van der Waals surface area contributed by atoms with E-state index in [2.05, 4.69) is 20.8 Å². The van der Waals surface area contributed by atoms with Crippen LogP contribution in [0.1, 0.15) is 10.5 Å². The van der Waals surface area contributed by atoms with Crippen molar-refractivity contribution >= 4 is 23.0 Å². The molecule has 2 aromatic carbocycles. The molecule has 1 amide bonds. The van der Waals surface area contributed by atoms with E-state index in [4.69, 9.17) is 0 Å². The van der Waals surface area contributed by atoms with Crippen molar-refractivity contribution in [1.29, 1.82) is 0 Å². The normalized spacial score (nSPS) is 10.1. The number of para-hydroxylation sites is 1. The van der Waals surface area contributed by atoms with Gasteiger partial charge in [-0.3, -0.25) is 9.59 Å². The van der Waals surface area contributed by atoms with Crippen molar-refractivity contribution in [1.82, 2.24) is 10.2 Å². The van der Waals surface area contributed by atoms with E-state index in [-0.39, 0.29) is 11.3 Å². The van der Waals surface area contributed by atoms with Gasteiger partial charge in [-0.05, 0) is 36.4 Å². The molecule has 0 saturated carbocycles. The Morgan fingerprint density at radius 1 is 0.870 bits per heavy atom. The van der Waals surface area contributed by atoms with Crippen LogP contribution in [0, 0.1) is 0 Å². The van der Waals surface area contributed by atoms with Crippen molar-refractivity contribution in [3.05, 3.63) is 82.8 Å². The third kappa shape index (κ3) is 3.82. The van der Waals surface area contributed by atoms with Gasteiger partial charge < -0.3 is 10.6 Å². The number of anilines is 3. The second kappa shape index (κ2) is 6.57. The highest BCUT2D eigenvalue weighted by molar-refractivity contribution is 6.02. The highest BCUT2D eigenvalue weighted by Gasteiger charge is 2.08. The minimum absolute atomic E-state index is 0.144. The molecule has 0 fully saturated rings. The van der Waals surface area contributed by atoms with Gasteiger partial charge in [0.05, 0.1) is 0 Å². The zero-order chi connectivity index (χ0) is 16.1. The summed E-state index contributed by atoms with van der Waals surface area (Å²) in [5.74, 6) is -0.391. The molecule has 0 spiro atoms. The summed E-state index contributed by atoms with van der Waals surface area (Å²) in [4.78, 5) is 23.0. The minimum atomic E-state index is -0.391. The van der Waals surface area contributed by atoms with Gasteiger partial charge in [0, 0.05) is 23.1 Å². The lowest BCUT2D eigenvalue weighted by Gasteiger charge is -2.09. The number of carbonyl (C=O) groups excluding carboxylic acids is 1. The molecule has 0 aliphatic carbocycles. The summed E-state index contributed by atoms with van der Waals surface area (Å²) in [7, 11) is 0. The zero-order valence-corrected chi connectivity index (χ0v) is 12.1. The molecule has 6 nitrogen and oxygen atoms in total. The van der Waals surface area contributed by atoms with Crippen LogP contribution < -0.4 is 16.2 Å². The van der Waals surface area contributed by atoms with Gasteiger partial charge in [0.1, 0.15) is 5.69 Å². The number of rotatable bonds is 4. The average molecular weight is 306 g/mol. The molecule has 0 radical (unpaired) electrons. The minimum Gasteiger partial charge on any atom is -0.355 e. The Morgan fingerprint density at radius 2 is 1.61 bits per heavy atom. The van der Waals surface area contributed by atoms with Crippen LogP contribution in [0.5, 0.6) is 0 Å². The number of H-pyrrole nitrogens is 1. The highest BCUT2D eigenvalue weighted by Crippen LogP contribution is 2.20. The Kier molecular flexibility index (Phi) is 4.15. The lowest BCUT2D eigenvalue weighted by molar-refractivity contribution is 0.102. The maximum Gasteiger partial charge on any atom is 0.276 e. The summed E-state index contributed by atoms with van der Waals surface area (Å²) < 4.78 is 0. The fourth-order valence-corrected chi connectivity index (χ4v) is 2.03. The average Bonchev–Trinajstić information content (AvgIpc) is 2.57. The van der Waals surface area contributed by atoms with E-state index in [9.17, 15) is 9.59 Å². The Hall–Kier alpha value is -3.41. The van der Waals surface area contributed by atoms with Crippen molar-refractivity contribution in [2.24, 2.45) is 0 Å².